The van der Waals surface area contributed by atoms with Crippen molar-refractivity contribution < 1.29 is 19.1 Å². The maximum Gasteiger partial charge on any atom is 0.336 e. The summed E-state index contributed by atoms with van der Waals surface area (Å²) in [4.78, 5) is 26.7. The van der Waals surface area contributed by atoms with Crippen LogP contribution in [-0.4, -0.2) is 18.4 Å². The van der Waals surface area contributed by atoms with Gasteiger partial charge in [0.1, 0.15) is 6.61 Å². The second kappa shape index (κ2) is 10.3. The van der Waals surface area contributed by atoms with Gasteiger partial charge in [-0.05, 0) is 37.6 Å². The maximum atomic E-state index is 13.6. The van der Waals surface area contributed by atoms with E-state index in [0.29, 0.717) is 38.7 Å². The van der Waals surface area contributed by atoms with E-state index in [1.54, 1.807) is 38.1 Å². The topological polar surface area (TPSA) is 64.6 Å². The predicted octanol–water partition coefficient (Wildman–Crippen LogP) is 7.36. The van der Waals surface area contributed by atoms with Gasteiger partial charge in [-0.3, -0.25) is 4.79 Å². The highest BCUT2D eigenvalue weighted by molar-refractivity contribution is 6.37. The van der Waals surface area contributed by atoms with Crippen LogP contribution in [0.15, 0.2) is 77.5 Å². The number of hydrogen-bond donors (Lipinski definition) is 1. The van der Waals surface area contributed by atoms with E-state index in [4.69, 9.17) is 44.3 Å². The molecule has 1 aliphatic heterocycles. The average Bonchev–Trinajstić information content (AvgIpc) is 3.15. The first-order valence-corrected chi connectivity index (χ1v) is 12.8. The van der Waals surface area contributed by atoms with Crippen LogP contribution >= 0.6 is 34.8 Å². The molecule has 1 N–H and O–H groups in total. The van der Waals surface area contributed by atoms with Gasteiger partial charge >= 0.3 is 5.97 Å². The maximum absolute atomic E-state index is 13.6. The summed E-state index contributed by atoms with van der Waals surface area (Å²) in [6.07, 6.45) is 0. The number of hydrogen-bond acceptors (Lipinski definition) is 5. The molecule has 1 aliphatic carbocycles. The minimum Gasteiger partial charge on any atom is -0.486 e. The zero-order valence-electron chi connectivity index (χ0n) is 20.0. The number of nitrogens with one attached hydrogen (secondary N) is 1. The fourth-order valence-electron chi connectivity index (χ4n) is 4.79. The Bertz CT molecular complexity index is 1490. The normalized spacial score (nSPS) is 16.4. The van der Waals surface area contributed by atoms with Crippen LogP contribution in [0.25, 0.3) is 5.70 Å². The molecule has 0 fully saturated rings. The van der Waals surface area contributed by atoms with E-state index in [0.717, 1.165) is 11.1 Å². The van der Waals surface area contributed by atoms with Gasteiger partial charge in [-0.25, -0.2) is 4.79 Å². The molecule has 1 atom stereocenters. The minimum absolute atomic E-state index is 0.163. The lowest BCUT2D eigenvalue weighted by molar-refractivity contribution is -0.138. The van der Waals surface area contributed by atoms with Crippen molar-refractivity contribution in [2.24, 2.45) is 0 Å². The van der Waals surface area contributed by atoms with Gasteiger partial charge in [0.05, 0.1) is 27.9 Å². The van der Waals surface area contributed by atoms with Gasteiger partial charge in [0.2, 0.25) is 0 Å². The number of fused-ring (bicyclic) bond motifs is 2. The van der Waals surface area contributed by atoms with Crippen LogP contribution in [0.4, 0.5) is 0 Å². The molecule has 1 heterocycles. The smallest absolute Gasteiger partial charge is 0.336 e. The SMILES string of the molecule is CCOC(=O)C1=C(C)NC2=C(C(=O)c3ccccc32)[C@H]1c1cc(Cl)c(OCc2ccccc2Cl)c(Cl)c1. The highest BCUT2D eigenvalue weighted by Crippen LogP contribution is 2.48. The van der Waals surface area contributed by atoms with Gasteiger partial charge < -0.3 is 14.8 Å². The van der Waals surface area contributed by atoms with E-state index >= 15 is 0 Å². The van der Waals surface area contributed by atoms with Crippen LogP contribution in [-0.2, 0) is 16.1 Å². The Hall–Kier alpha value is -3.25. The molecule has 0 radical (unpaired) electrons. The molecule has 0 aromatic heterocycles. The lowest BCUT2D eigenvalue weighted by atomic mass is 9.80. The number of ether oxygens (including phenoxy) is 2. The number of allylic oxidation sites excluding steroid dienone is 2. The summed E-state index contributed by atoms with van der Waals surface area (Å²) >= 11 is 19.6. The summed E-state index contributed by atoms with van der Waals surface area (Å²) in [6, 6.07) is 18.0. The Kier molecular flexibility index (Phi) is 7.04. The number of benzene rings is 3. The van der Waals surface area contributed by atoms with Gasteiger partial charge in [-0.2, -0.15) is 0 Å². The highest BCUT2D eigenvalue weighted by Gasteiger charge is 2.43. The Balaban J connectivity index is 1.59. The number of halogens is 3. The molecule has 5 rings (SSSR count). The molecule has 2 aliphatic rings. The summed E-state index contributed by atoms with van der Waals surface area (Å²) < 4.78 is 11.3. The van der Waals surface area contributed by atoms with Crippen molar-refractivity contribution >= 4 is 52.3 Å². The standard InChI is InChI=1S/C29H22Cl3NO4/c1-3-36-29(35)23-15(2)33-26-18-9-5-6-10-19(18)27(34)25(26)24(23)17-12-21(31)28(22(32)13-17)37-14-16-8-4-7-11-20(16)30/h4-13,24,33H,3,14H2,1-2H3/t24-/m0/s1. The molecule has 3 aromatic carbocycles. The summed E-state index contributed by atoms with van der Waals surface area (Å²) in [5.41, 5.74) is 4.76. The lowest BCUT2D eigenvalue weighted by Crippen LogP contribution is -2.29. The number of Topliss-reactive ketones (excluding diaryl/α,β-unsaturated/α-hetero) is 1. The summed E-state index contributed by atoms with van der Waals surface area (Å²) in [6.45, 7) is 3.89. The van der Waals surface area contributed by atoms with Crippen LogP contribution in [0, 0.1) is 0 Å². The van der Waals surface area contributed by atoms with Crippen molar-refractivity contribution in [1.82, 2.24) is 5.32 Å². The largest absolute Gasteiger partial charge is 0.486 e. The first-order chi connectivity index (χ1) is 17.8. The van der Waals surface area contributed by atoms with Crippen molar-refractivity contribution in [3.05, 3.63) is 115 Å². The average molecular weight is 555 g/mol. The second-order valence-corrected chi connectivity index (χ2v) is 9.90. The van der Waals surface area contributed by atoms with Gasteiger partial charge in [0.25, 0.3) is 0 Å². The Morgan fingerprint density at radius 2 is 1.59 bits per heavy atom. The van der Waals surface area contributed by atoms with E-state index in [1.807, 2.05) is 36.4 Å². The molecule has 0 unspecified atom stereocenters. The third-order valence-electron chi connectivity index (χ3n) is 6.43. The van der Waals surface area contributed by atoms with Crippen molar-refractivity contribution in [2.45, 2.75) is 26.4 Å². The van der Waals surface area contributed by atoms with Gasteiger partial charge in [0.15, 0.2) is 11.5 Å². The Labute approximate surface area is 229 Å². The number of carbonyl (C=O) groups excluding carboxylic acids is 2. The number of rotatable bonds is 6. The third-order valence-corrected chi connectivity index (χ3v) is 7.36. The van der Waals surface area contributed by atoms with E-state index in [-0.39, 0.29) is 34.8 Å². The lowest BCUT2D eigenvalue weighted by Gasteiger charge is -2.29. The van der Waals surface area contributed by atoms with Crippen molar-refractivity contribution in [2.75, 3.05) is 6.61 Å². The van der Waals surface area contributed by atoms with Crippen LogP contribution in [0.5, 0.6) is 5.75 Å². The van der Waals surface area contributed by atoms with Crippen molar-refractivity contribution in [1.29, 1.82) is 0 Å². The van der Waals surface area contributed by atoms with Crippen molar-refractivity contribution in [3.63, 3.8) is 0 Å². The molecule has 3 aromatic rings. The van der Waals surface area contributed by atoms with Crippen LogP contribution in [0.1, 0.15) is 46.8 Å². The quantitative estimate of drug-likeness (QED) is 0.323. The molecular weight excluding hydrogens is 533 g/mol. The van der Waals surface area contributed by atoms with Gasteiger partial charge in [-0.15, -0.1) is 0 Å². The summed E-state index contributed by atoms with van der Waals surface area (Å²) in [7, 11) is 0. The number of carbonyl (C=O) groups is 2. The molecule has 0 spiro atoms. The molecule has 188 valence electrons. The molecule has 0 amide bonds. The third kappa shape index (κ3) is 4.52. The van der Waals surface area contributed by atoms with Crippen LogP contribution < -0.4 is 10.1 Å². The minimum atomic E-state index is -0.734. The Morgan fingerprint density at radius 1 is 0.946 bits per heavy atom. The molecule has 0 saturated heterocycles. The van der Waals surface area contributed by atoms with E-state index in [2.05, 4.69) is 5.32 Å². The van der Waals surface area contributed by atoms with Crippen molar-refractivity contribution in [3.8, 4) is 5.75 Å². The first kappa shape index (κ1) is 25.4. The van der Waals surface area contributed by atoms with Crippen LogP contribution in [0.3, 0.4) is 0 Å². The fraction of sp³-hybridized carbons (Fsp3) is 0.172. The molecule has 0 saturated carbocycles. The fourth-order valence-corrected chi connectivity index (χ4v) is 5.59. The number of esters is 1. The highest BCUT2D eigenvalue weighted by atomic mass is 35.5. The van der Waals surface area contributed by atoms with Gasteiger partial charge in [0, 0.05) is 38.9 Å². The summed E-state index contributed by atoms with van der Waals surface area (Å²) in [5.74, 6) is -1.12. The summed E-state index contributed by atoms with van der Waals surface area (Å²) in [5, 5.41) is 4.34. The van der Waals surface area contributed by atoms with E-state index < -0.39 is 11.9 Å². The van der Waals surface area contributed by atoms with E-state index in [9.17, 15) is 9.59 Å². The van der Waals surface area contributed by atoms with Crippen LogP contribution in [0.2, 0.25) is 15.1 Å². The number of dihydropyridines is 1. The molecule has 8 heteroatoms. The van der Waals surface area contributed by atoms with E-state index in [1.165, 1.54) is 0 Å². The second-order valence-electron chi connectivity index (χ2n) is 8.67. The molecule has 0 bridgehead atoms. The monoisotopic (exact) mass is 553 g/mol. The Morgan fingerprint density at radius 3 is 2.27 bits per heavy atom. The molecule has 37 heavy (non-hydrogen) atoms. The predicted molar refractivity (Wildman–Crippen MR) is 145 cm³/mol. The van der Waals surface area contributed by atoms with Gasteiger partial charge in [-0.1, -0.05) is 77.3 Å². The number of ketones is 1. The molecular formula is C29H22Cl3NO4. The zero-order chi connectivity index (χ0) is 26.3. The molecule has 5 nitrogen and oxygen atoms in total. The first-order valence-electron chi connectivity index (χ1n) is 11.7. The zero-order valence-corrected chi connectivity index (χ0v) is 22.3.